The summed E-state index contributed by atoms with van der Waals surface area (Å²) in [5, 5.41) is 10.9. The lowest BCUT2D eigenvalue weighted by molar-refractivity contribution is -0.383. The van der Waals surface area contributed by atoms with E-state index in [9.17, 15) is 10.1 Å². The fourth-order valence-corrected chi connectivity index (χ4v) is 2.91. The fraction of sp³-hybridized carbons (Fsp3) is 0.200. The Hall–Kier alpha value is -2.01. The summed E-state index contributed by atoms with van der Waals surface area (Å²) in [7, 11) is 0. The van der Waals surface area contributed by atoms with Crippen LogP contribution in [0.2, 0.25) is 0 Å². The van der Waals surface area contributed by atoms with E-state index in [0.717, 1.165) is 5.56 Å². The summed E-state index contributed by atoms with van der Waals surface area (Å²) in [5.41, 5.74) is 9.12. The zero-order valence-corrected chi connectivity index (χ0v) is 12.2. The Balaban J connectivity index is 2.15. The minimum absolute atomic E-state index is 0.0243. The van der Waals surface area contributed by atoms with Crippen LogP contribution >= 0.6 is 11.8 Å². The quantitative estimate of drug-likeness (QED) is 0.398. The Morgan fingerprint density at radius 1 is 1.20 bits per heavy atom. The maximum atomic E-state index is 10.9. The Kier molecular flexibility index (Phi) is 4.29. The van der Waals surface area contributed by atoms with Gasteiger partial charge in [-0.15, -0.1) is 11.8 Å². The molecule has 0 saturated heterocycles. The van der Waals surface area contributed by atoms with Gasteiger partial charge in [0.2, 0.25) is 0 Å². The van der Waals surface area contributed by atoms with Crippen LogP contribution in [0.4, 0.5) is 11.4 Å². The molecule has 0 amide bonds. The molecule has 0 saturated carbocycles. The number of hydrogen-bond acceptors (Lipinski definition) is 4. The van der Waals surface area contributed by atoms with Gasteiger partial charge in [-0.2, -0.15) is 0 Å². The number of thioether (sulfide) groups is 1. The molecule has 0 aromatic heterocycles. The molecule has 0 atom stereocenters. The third kappa shape index (κ3) is 3.30. The number of nitro benzene ring substituents is 1. The summed E-state index contributed by atoms with van der Waals surface area (Å²) in [5.74, 6) is 0.686. The number of benzene rings is 2. The number of rotatable bonds is 4. The third-order valence-electron chi connectivity index (χ3n) is 3.02. The van der Waals surface area contributed by atoms with Gasteiger partial charge in [-0.25, -0.2) is 0 Å². The van der Waals surface area contributed by atoms with E-state index >= 15 is 0 Å². The van der Waals surface area contributed by atoms with Crippen LogP contribution in [0.25, 0.3) is 0 Å². The Bertz CT molecular complexity index is 656. The first-order valence-electron chi connectivity index (χ1n) is 6.20. The van der Waals surface area contributed by atoms with Gasteiger partial charge in [-0.3, -0.25) is 10.1 Å². The van der Waals surface area contributed by atoms with E-state index in [1.165, 1.54) is 16.0 Å². The summed E-state index contributed by atoms with van der Waals surface area (Å²) in [6.07, 6.45) is 0. The summed E-state index contributed by atoms with van der Waals surface area (Å²) in [6, 6.07) is 11.3. The lowest BCUT2D eigenvalue weighted by Gasteiger charge is -2.07. The minimum atomic E-state index is -0.444. The molecule has 20 heavy (non-hydrogen) atoms. The highest BCUT2D eigenvalue weighted by atomic mass is 32.2. The Labute approximate surface area is 122 Å². The third-order valence-corrected chi connectivity index (χ3v) is 4.26. The number of anilines is 1. The van der Waals surface area contributed by atoms with Gasteiger partial charge < -0.3 is 5.73 Å². The van der Waals surface area contributed by atoms with E-state index in [0.29, 0.717) is 5.75 Å². The van der Waals surface area contributed by atoms with Crippen LogP contribution in [0, 0.1) is 24.0 Å². The number of nitro groups is 1. The predicted molar refractivity (Wildman–Crippen MR) is 83.0 cm³/mol. The van der Waals surface area contributed by atoms with Gasteiger partial charge >= 0.3 is 0 Å². The molecule has 0 aliphatic heterocycles. The van der Waals surface area contributed by atoms with Crippen molar-refractivity contribution in [1.29, 1.82) is 0 Å². The largest absolute Gasteiger partial charge is 0.393 e. The monoisotopic (exact) mass is 288 g/mol. The van der Waals surface area contributed by atoms with Crippen LogP contribution in [0.1, 0.15) is 16.7 Å². The first-order valence-corrected chi connectivity index (χ1v) is 7.19. The van der Waals surface area contributed by atoms with E-state index in [2.05, 4.69) is 32.0 Å². The second-order valence-electron chi connectivity index (χ2n) is 4.71. The van der Waals surface area contributed by atoms with Crippen molar-refractivity contribution in [3.63, 3.8) is 0 Å². The normalized spacial score (nSPS) is 10.5. The first-order chi connectivity index (χ1) is 9.47. The molecule has 0 heterocycles. The van der Waals surface area contributed by atoms with Gasteiger partial charge in [0.05, 0.1) is 4.92 Å². The number of nitrogen functional groups attached to an aromatic ring is 1. The highest BCUT2D eigenvalue weighted by molar-refractivity contribution is 7.98. The minimum Gasteiger partial charge on any atom is -0.393 e. The molecule has 2 N–H and O–H groups in total. The van der Waals surface area contributed by atoms with Crippen molar-refractivity contribution in [3.8, 4) is 0 Å². The molecule has 0 radical (unpaired) electrons. The van der Waals surface area contributed by atoms with E-state index in [4.69, 9.17) is 5.73 Å². The molecule has 2 rings (SSSR count). The molecule has 2 aromatic rings. The van der Waals surface area contributed by atoms with E-state index in [1.807, 2.05) is 6.07 Å². The molecule has 0 fully saturated rings. The van der Waals surface area contributed by atoms with Crippen molar-refractivity contribution in [2.45, 2.75) is 24.5 Å². The molecule has 0 unspecified atom stereocenters. The van der Waals surface area contributed by atoms with Crippen LogP contribution in [0.3, 0.4) is 0 Å². The van der Waals surface area contributed by atoms with Gasteiger partial charge in [0.15, 0.2) is 0 Å². The SMILES string of the molecule is Cc1ccc(SCc2ccc(N)c([N+](=O)[O-])c2)c(C)c1. The zero-order valence-electron chi connectivity index (χ0n) is 11.4. The second-order valence-corrected chi connectivity index (χ2v) is 5.73. The van der Waals surface area contributed by atoms with Crippen LogP contribution in [0.15, 0.2) is 41.3 Å². The number of nitrogens with two attached hydrogens (primary N) is 1. The van der Waals surface area contributed by atoms with Gasteiger partial charge in [-0.05, 0) is 37.1 Å². The lowest BCUT2D eigenvalue weighted by atomic mass is 10.2. The van der Waals surface area contributed by atoms with Gasteiger partial charge in [0, 0.05) is 16.7 Å². The topological polar surface area (TPSA) is 69.2 Å². The second kappa shape index (κ2) is 5.96. The van der Waals surface area contributed by atoms with Crippen molar-refractivity contribution >= 4 is 23.1 Å². The average Bonchev–Trinajstić information content (AvgIpc) is 2.39. The van der Waals surface area contributed by atoms with Crippen LogP contribution < -0.4 is 5.73 Å². The molecular weight excluding hydrogens is 272 g/mol. The van der Waals surface area contributed by atoms with Crippen LogP contribution in [0.5, 0.6) is 0 Å². The predicted octanol–water partition coefficient (Wildman–Crippen LogP) is 4.09. The van der Waals surface area contributed by atoms with Gasteiger partial charge in [0.25, 0.3) is 5.69 Å². The summed E-state index contributed by atoms with van der Waals surface area (Å²) >= 11 is 1.67. The van der Waals surface area contributed by atoms with E-state index < -0.39 is 4.92 Å². The number of nitrogens with zero attached hydrogens (tertiary/aromatic N) is 1. The summed E-state index contributed by atoms with van der Waals surface area (Å²) < 4.78 is 0. The van der Waals surface area contributed by atoms with Crippen molar-refractivity contribution in [3.05, 3.63) is 63.2 Å². The standard InChI is InChI=1S/C15H16N2O2S/c1-10-3-6-15(11(2)7-10)20-9-12-4-5-13(16)14(8-12)17(18)19/h3-8H,9,16H2,1-2H3. The maximum absolute atomic E-state index is 10.9. The van der Waals surface area contributed by atoms with Gasteiger partial charge in [-0.1, -0.05) is 23.8 Å². The molecule has 2 aromatic carbocycles. The van der Waals surface area contributed by atoms with Crippen molar-refractivity contribution < 1.29 is 4.92 Å². The molecule has 0 bridgehead atoms. The molecule has 0 aliphatic carbocycles. The molecular formula is C15H16N2O2S. The first kappa shape index (κ1) is 14.4. The van der Waals surface area contributed by atoms with Gasteiger partial charge in [0.1, 0.15) is 5.69 Å². The van der Waals surface area contributed by atoms with Crippen LogP contribution in [-0.2, 0) is 5.75 Å². The zero-order chi connectivity index (χ0) is 14.7. The molecule has 0 spiro atoms. The molecule has 5 heteroatoms. The van der Waals surface area contributed by atoms with Crippen LogP contribution in [-0.4, -0.2) is 4.92 Å². The number of aryl methyl sites for hydroxylation is 2. The number of hydrogen-bond donors (Lipinski definition) is 1. The van der Waals surface area contributed by atoms with Crippen molar-refractivity contribution in [1.82, 2.24) is 0 Å². The highest BCUT2D eigenvalue weighted by Crippen LogP contribution is 2.29. The lowest BCUT2D eigenvalue weighted by Crippen LogP contribution is -1.96. The van der Waals surface area contributed by atoms with E-state index in [-0.39, 0.29) is 11.4 Å². The smallest absolute Gasteiger partial charge is 0.292 e. The highest BCUT2D eigenvalue weighted by Gasteiger charge is 2.12. The summed E-state index contributed by atoms with van der Waals surface area (Å²) in [6.45, 7) is 4.13. The molecule has 4 nitrogen and oxygen atoms in total. The summed E-state index contributed by atoms with van der Waals surface area (Å²) in [4.78, 5) is 11.6. The maximum Gasteiger partial charge on any atom is 0.292 e. The fourth-order valence-electron chi connectivity index (χ4n) is 1.96. The van der Waals surface area contributed by atoms with Crippen molar-refractivity contribution in [2.75, 3.05) is 5.73 Å². The Morgan fingerprint density at radius 2 is 1.95 bits per heavy atom. The van der Waals surface area contributed by atoms with E-state index in [1.54, 1.807) is 23.9 Å². The Morgan fingerprint density at radius 3 is 2.60 bits per heavy atom. The molecule has 104 valence electrons. The van der Waals surface area contributed by atoms with Crippen molar-refractivity contribution in [2.24, 2.45) is 0 Å². The average molecular weight is 288 g/mol. The molecule has 0 aliphatic rings.